The third-order valence-electron chi connectivity index (χ3n) is 2.67. The van der Waals surface area contributed by atoms with Gasteiger partial charge in [0.05, 0.1) is 0 Å². The lowest BCUT2D eigenvalue weighted by Crippen LogP contribution is -2.06. The van der Waals surface area contributed by atoms with Crippen molar-refractivity contribution in [3.8, 4) is 0 Å². The van der Waals surface area contributed by atoms with Crippen LogP contribution in [0, 0.1) is 5.92 Å². The Labute approximate surface area is 87.0 Å². The summed E-state index contributed by atoms with van der Waals surface area (Å²) in [5.41, 5.74) is 1.40. The Balaban J connectivity index is 3.78. The molecule has 0 aliphatic rings. The van der Waals surface area contributed by atoms with E-state index in [1.807, 2.05) is 0 Å². The first-order valence-corrected chi connectivity index (χ1v) is 5.47. The van der Waals surface area contributed by atoms with Gasteiger partial charge >= 0.3 is 5.97 Å². The van der Waals surface area contributed by atoms with Gasteiger partial charge in [0.25, 0.3) is 0 Å². The van der Waals surface area contributed by atoms with E-state index in [2.05, 4.69) is 26.8 Å². The zero-order valence-electron chi connectivity index (χ0n) is 9.55. The van der Waals surface area contributed by atoms with Crippen molar-refractivity contribution in [1.82, 2.24) is 0 Å². The van der Waals surface area contributed by atoms with Gasteiger partial charge in [0, 0.05) is 6.42 Å². The molecule has 2 nitrogen and oxygen atoms in total. The summed E-state index contributed by atoms with van der Waals surface area (Å²) in [4.78, 5) is 10.5. The quantitative estimate of drug-likeness (QED) is 0.634. The Kier molecular flexibility index (Phi) is 7.17. The van der Waals surface area contributed by atoms with Crippen LogP contribution in [-0.2, 0) is 4.79 Å². The molecule has 82 valence electrons. The average molecular weight is 198 g/mol. The number of carboxylic acid groups (broad SMARTS) is 1. The number of carboxylic acids is 1. The molecule has 0 fully saturated rings. The zero-order chi connectivity index (χ0) is 11.0. The van der Waals surface area contributed by atoms with Crippen molar-refractivity contribution in [2.24, 2.45) is 5.92 Å². The molecule has 0 saturated heterocycles. The molecule has 1 N–H and O–H groups in total. The smallest absolute Gasteiger partial charge is 0.303 e. The van der Waals surface area contributed by atoms with Crippen molar-refractivity contribution in [2.75, 3.05) is 0 Å². The van der Waals surface area contributed by atoms with E-state index in [1.54, 1.807) is 0 Å². The molecule has 0 aromatic carbocycles. The van der Waals surface area contributed by atoms with Crippen LogP contribution >= 0.6 is 0 Å². The molecule has 0 aromatic heterocycles. The van der Waals surface area contributed by atoms with Crippen LogP contribution in [-0.4, -0.2) is 11.1 Å². The van der Waals surface area contributed by atoms with Crippen LogP contribution in [0.2, 0.25) is 0 Å². The number of hydrogen-bond acceptors (Lipinski definition) is 1. The van der Waals surface area contributed by atoms with Crippen molar-refractivity contribution in [1.29, 1.82) is 0 Å². The van der Waals surface area contributed by atoms with E-state index in [4.69, 9.17) is 5.11 Å². The molecule has 1 atom stereocenters. The SMILES string of the molecule is CCC(C)=CCC[C@@H](CC)CC(=O)O. The maximum atomic E-state index is 10.5. The largest absolute Gasteiger partial charge is 0.481 e. The first-order chi connectivity index (χ1) is 6.60. The summed E-state index contributed by atoms with van der Waals surface area (Å²) in [5, 5.41) is 8.65. The van der Waals surface area contributed by atoms with Gasteiger partial charge in [-0.15, -0.1) is 0 Å². The Morgan fingerprint density at radius 1 is 1.43 bits per heavy atom. The number of allylic oxidation sites excluding steroid dienone is 2. The van der Waals surface area contributed by atoms with E-state index in [1.165, 1.54) is 5.57 Å². The summed E-state index contributed by atoms with van der Waals surface area (Å²) in [7, 11) is 0. The summed E-state index contributed by atoms with van der Waals surface area (Å²) < 4.78 is 0. The van der Waals surface area contributed by atoms with Crippen molar-refractivity contribution >= 4 is 5.97 Å². The summed E-state index contributed by atoms with van der Waals surface area (Å²) in [6.07, 6.45) is 6.62. The third-order valence-corrected chi connectivity index (χ3v) is 2.67. The van der Waals surface area contributed by atoms with Gasteiger partial charge in [-0.05, 0) is 32.1 Å². The van der Waals surface area contributed by atoms with Crippen molar-refractivity contribution in [2.45, 2.75) is 52.9 Å². The molecule has 14 heavy (non-hydrogen) atoms. The van der Waals surface area contributed by atoms with Gasteiger partial charge in [0.2, 0.25) is 0 Å². The van der Waals surface area contributed by atoms with Crippen molar-refractivity contribution in [3.05, 3.63) is 11.6 Å². The second-order valence-electron chi connectivity index (χ2n) is 3.85. The highest BCUT2D eigenvalue weighted by Gasteiger charge is 2.09. The van der Waals surface area contributed by atoms with Crippen molar-refractivity contribution in [3.63, 3.8) is 0 Å². The van der Waals surface area contributed by atoms with Gasteiger partial charge < -0.3 is 5.11 Å². The van der Waals surface area contributed by atoms with E-state index in [0.717, 1.165) is 25.7 Å². The molecular formula is C12H22O2. The molecule has 0 aliphatic heterocycles. The fourth-order valence-corrected chi connectivity index (χ4v) is 1.41. The van der Waals surface area contributed by atoms with E-state index in [9.17, 15) is 4.79 Å². The molecule has 0 radical (unpaired) electrons. The summed E-state index contributed by atoms with van der Waals surface area (Å²) in [6.45, 7) is 6.32. The number of aliphatic carboxylic acids is 1. The second kappa shape index (κ2) is 7.60. The van der Waals surface area contributed by atoms with Gasteiger partial charge in [-0.2, -0.15) is 0 Å². The van der Waals surface area contributed by atoms with Crippen LogP contribution in [0.15, 0.2) is 11.6 Å². The Morgan fingerprint density at radius 3 is 2.50 bits per heavy atom. The second-order valence-corrected chi connectivity index (χ2v) is 3.85. The molecular weight excluding hydrogens is 176 g/mol. The molecule has 0 aromatic rings. The highest BCUT2D eigenvalue weighted by molar-refractivity contribution is 5.66. The van der Waals surface area contributed by atoms with Crippen LogP contribution in [0.5, 0.6) is 0 Å². The van der Waals surface area contributed by atoms with Crippen molar-refractivity contribution < 1.29 is 9.90 Å². The minimum Gasteiger partial charge on any atom is -0.481 e. The number of rotatable bonds is 7. The van der Waals surface area contributed by atoms with Gasteiger partial charge in [-0.3, -0.25) is 4.79 Å². The Bertz CT molecular complexity index is 194. The van der Waals surface area contributed by atoms with Gasteiger partial charge in [0.15, 0.2) is 0 Å². The lowest BCUT2D eigenvalue weighted by atomic mass is 9.96. The molecule has 0 heterocycles. The Hall–Kier alpha value is -0.790. The fourth-order valence-electron chi connectivity index (χ4n) is 1.41. The minimum atomic E-state index is -0.673. The highest BCUT2D eigenvalue weighted by atomic mass is 16.4. The molecule has 0 spiro atoms. The van der Waals surface area contributed by atoms with E-state index in [0.29, 0.717) is 12.3 Å². The molecule has 0 saturated carbocycles. The standard InChI is InChI=1S/C12H22O2/c1-4-10(3)7-6-8-11(5-2)9-12(13)14/h7,11H,4-6,8-9H2,1-3H3,(H,13,14)/t11-/m1/s1. The fraction of sp³-hybridized carbons (Fsp3) is 0.750. The minimum absolute atomic E-state index is 0.315. The molecule has 2 heteroatoms. The summed E-state index contributed by atoms with van der Waals surface area (Å²) in [5.74, 6) is -0.332. The average Bonchev–Trinajstić information content (AvgIpc) is 2.15. The normalized spacial score (nSPS) is 14.1. The van der Waals surface area contributed by atoms with Crippen LogP contribution in [0.25, 0.3) is 0 Å². The third kappa shape index (κ3) is 6.70. The van der Waals surface area contributed by atoms with E-state index in [-0.39, 0.29) is 0 Å². The van der Waals surface area contributed by atoms with Crippen LogP contribution in [0.4, 0.5) is 0 Å². The molecule has 0 unspecified atom stereocenters. The molecule has 0 amide bonds. The predicted octanol–water partition coefficient (Wildman–Crippen LogP) is 3.62. The zero-order valence-corrected chi connectivity index (χ0v) is 9.55. The topological polar surface area (TPSA) is 37.3 Å². The van der Waals surface area contributed by atoms with E-state index >= 15 is 0 Å². The Morgan fingerprint density at radius 2 is 2.07 bits per heavy atom. The van der Waals surface area contributed by atoms with E-state index < -0.39 is 5.97 Å². The molecule has 0 rings (SSSR count). The van der Waals surface area contributed by atoms with Crippen LogP contribution < -0.4 is 0 Å². The number of carbonyl (C=O) groups is 1. The maximum Gasteiger partial charge on any atom is 0.303 e. The van der Waals surface area contributed by atoms with Crippen LogP contribution in [0.3, 0.4) is 0 Å². The molecule has 0 aliphatic carbocycles. The predicted molar refractivity (Wildman–Crippen MR) is 59.3 cm³/mol. The number of hydrogen-bond donors (Lipinski definition) is 1. The van der Waals surface area contributed by atoms with Gasteiger partial charge in [0.1, 0.15) is 0 Å². The summed E-state index contributed by atoms with van der Waals surface area (Å²) in [6, 6.07) is 0. The summed E-state index contributed by atoms with van der Waals surface area (Å²) >= 11 is 0. The lowest BCUT2D eigenvalue weighted by Gasteiger charge is -2.10. The maximum absolute atomic E-state index is 10.5. The lowest BCUT2D eigenvalue weighted by molar-refractivity contribution is -0.138. The van der Waals surface area contributed by atoms with Gasteiger partial charge in [-0.25, -0.2) is 0 Å². The van der Waals surface area contributed by atoms with Crippen LogP contribution in [0.1, 0.15) is 52.9 Å². The first kappa shape index (κ1) is 13.2. The molecule has 0 bridgehead atoms. The first-order valence-electron chi connectivity index (χ1n) is 5.47. The monoisotopic (exact) mass is 198 g/mol. The highest BCUT2D eigenvalue weighted by Crippen LogP contribution is 2.16. The van der Waals surface area contributed by atoms with Gasteiger partial charge in [-0.1, -0.05) is 31.9 Å².